The van der Waals surface area contributed by atoms with E-state index in [1.807, 2.05) is 25.1 Å². The molecule has 0 aliphatic carbocycles. The molecule has 2 rings (SSSR count). The van der Waals surface area contributed by atoms with Crippen molar-refractivity contribution < 1.29 is 4.42 Å². The first-order valence-electron chi connectivity index (χ1n) is 6.30. The first-order chi connectivity index (χ1) is 9.76. The molecule has 0 saturated carbocycles. The largest absolute Gasteiger partial charge is 0.472 e. The fourth-order valence-electron chi connectivity index (χ4n) is 1.94. The Bertz CT molecular complexity index is 688. The molecule has 0 spiro atoms. The second-order valence-corrected chi connectivity index (χ2v) is 4.25. The monoisotopic (exact) mass is 268 g/mol. The molecule has 0 amide bonds. The number of nitrogens with zero attached hydrogens (tertiary/aromatic N) is 1. The van der Waals surface area contributed by atoms with E-state index in [9.17, 15) is 4.79 Å². The normalized spacial score (nSPS) is 11.1. The topological polar surface area (TPSA) is 47.2 Å². The summed E-state index contributed by atoms with van der Waals surface area (Å²) in [7, 11) is 0. The minimum atomic E-state index is -0.0636. The Morgan fingerprint density at radius 3 is 3.05 bits per heavy atom. The van der Waals surface area contributed by atoms with E-state index in [2.05, 4.69) is 11.2 Å². The van der Waals surface area contributed by atoms with Crippen molar-refractivity contribution in [3.63, 3.8) is 0 Å². The molecule has 102 valence electrons. The second-order valence-electron chi connectivity index (χ2n) is 4.25. The van der Waals surface area contributed by atoms with Gasteiger partial charge in [0, 0.05) is 17.5 Å². The highest BCUT2D eigenvalue weighted by Gasteiger charge is 2.08. The average molecular weight is 268 g/mol. The molecule has 0 atom stereocenters. The summed E-state index contributed by atoms with van der Waals surface area (Å²) >= 11 is 0. The summed E-state index contributed by atoms with van der Waals surface area (Å²) in [5, 5.41) is 3.06. The molecule has 2 aromatic heterocycles. The molecule has 0 unspecified atom stereocenters. The highest BCUT2D eigenvalue weighted by atomic mass is 16.3. The summed E-state index contributed by atoms with van der Waals surface area (Å²) < 4.78 is 6.66. The highest BCUT2D eigenvalue weighted by Crippen LogP contribution is 2.07. The molecule has 2 aromatic rings. The van der Waals surface area contributed by atoms with Crippen LogP contribution in [0.1, 0.15) is 18.1 Å². The number of pyridine rings is 1. The summed E-state index contributed by atoms with van der Waals surface area (Å²) in [6.07, 6.45) is 12.1. The van der Waals surface area contributed by atoms with Gasteiger partial charge >= 0.3 is 0 Å². The number of furan rings is 1. The maximum absolute atomic E-state index is 12.5. The predicted molar refractivity (Wildman–Crippen MR) is 79.0 cm³/mol. The average Bonchev–Trinajstić information content (AvgIpc) is 2.96. The quantitative estimate of drug-likeness (QED) is 0.844. The molecule has 20 heavy (non-hydrogen) atoms. The number of allylic oxidation sites excluding steroid dienone is 1. The Morgan fingerprint density at radius 2 is 2.40 bits per heavy atom. The number of hydrogen-bond donors (Lipinski definition) is 1. The first kappa shape index (κ1) is 13.8. The molecule has 0 aliphatic rings. The van der Waals surface area contributed by atoms with E-state index >= 15 is 0 Å². The lowest BCUT2D eigenvalue weighted by Gasteiger charge is -2.10. The van der Waals surface area contributed by atoms with Gasteiger partial charge in [0.15, 0.2) is 0 Å². The maximum atomic E-state index is 12.5. The van der Waals surface area contributed by atoms with Gasteiger partial charge in [-0.3, -0.25) is 4.79 Å². The SMILES string of the molecule is C#CCN/C(=C/C)c1cccn(Cc2ccoc2)c1=O. The number of rotatable bonds is 5. The third kappa shape index (κ3) is 3.01. The Kier molecular flexibility index (Phi) is 4.46. The van der Waals surface area contributed by atoms with Gasteiger partial charge in [-0.15, -0.1) is 6.42 Å². The van der Waals surface area contributed by atoms with Crippen LogP contribution in [0.2, 0.25) is 0 Å². The standard InChI is InChI=1S/C16H16N2O2/c1-3-8-17-15(4-2)14-6-5-9-18(16(14)19)11-13-7-10-20-12-13/h1,4-7,9-10,12,17H,8,11H2,2H3/b15-4+. The Labute approximate surface area is 117 Å². The Balaban J connectivity index is 2.32. The van der Waals surface area contributed by atoms with Gasteiger partial charge in [-0.1, -0.05) is 12.0 Å². The molecule has 2 heterocycles. The minimum Gasteiger partial charge on any atom is -0.472 e. The summed E-state index contributed by atoms with van der Waals surface area (Å²) in [5.41, 5.74) is 2.23. The van der Waals surface area contributed by atoms with Crippen LogP contribution < -0.4 is 10.9 Å². The van der Waals surface area contributed by atoms with Crippen LogP contribution in [-0.2, 0) is 6.54 Å². The smallest absolute Gasteiger partial charge is 0.260 e. The van der Waals surface area contributed by atoms with Gasteiger partial charge in [0.05, 0.1) is 31.2 Å². The molecule has 0 fully saturated rings. The molecule has 0 aliphatic heterocycles. The second kappa shape index (κ2) is 6.48. The number of terminal acetylenes is 1. The highest BCUT2D eigenvalue weighted by molar-refractivity contribution is 5.63. The van der Waals surface area contributed by atoms with Gasteiger partial charge < -0.3 is 14.3 Å². The van der Waals surface area contributed by atoms with E-state index in [1.54, 1.807) is 29.4 Å². The molecule has 0 aromatic carbocycles. The van der Waals surface area contributed by atoms with Gasteiger partial charge in [0.1, 0.15) is 0 Å². The molecule has 1 N–H and O–H groups in total. The molecule has 4 nitrogen and oxygen atoms in total. The summed E-state index contributed by atoms with van der Waals surface area (Å²) in [6, 6.07) is 5.47. The van der Waals surface area contributed by atoms with Crippen molar-refractivity contribution >= 4 is 5.70 Å². The van der Waals surface area contributed by atoms with Crippen molar-refractivity contribution in [2.45, 2.75) is 13.5 Å². The van der Waals surface area contributed by atoms with Crippen molar-refractivity contribution in [2.24, 2.45) is 0 Å². The summed E-state index contributed by atoms with van der Waals surface area (Å²) in [6.45, 7) is 2.73. The van der Waals surface area contributed by atoms with Crippen molar-refractivity contribution in [1.82, 2.24) is 9.88 Å². The van der Waals surface area contributed by atoms with Crippen LogP contribution in [0.3, 0.4) is 0 Å². The van der Waals surface area contributed by atoms with Crippen LogP contribution >= 0.6 is 0 Å². The van der Waals surface area contributed by atoms with Gasteiger partial charge in [0.2, 0.25) is 0 Å². The lowest BCUT2D eigenvalue weighted by atomic mass is 10.2. The van der Waals surface area contributed by atoms with E-state index in [0.717, 1.165) is 11.3 Å². The molecular weight excluding hydrogens is 252 g/mol. The van der Waals surface area contributed by atoms with Gasteiger partial charge in [-0.2, -0.15) is 0 Å². The number of nitrogens with one attached hydrogen (secondary N) is 1. The van der Waals surface area contributed by atoms with E-state index in [4.69, 9.17) is 10.8 Å². The predicted octanol–water partition coefficient (Wildman–Crippen LogP) is 2.07. The van der Waals surface area contributed by atoms with E-state index in [-0.39, 0.29) is 5.56 Å². The fraction of sp³-hybridized carbons (Fsp3) is 0.188. The van der Waals surface area contributed by atoms with Gasteiger partial charge in [0.25, 0.3) is 5.56 Å². The number of hydrogen-bond acceptors (Lipinski definition) is 3. The van der Waals surface area contributed by atoms with Crippen molar-refractivity contribution in [3.8, 4) is 12.3 Å². The van der Waals surface area contributed by atoms with Crippen LogP contribution in [0.5, 0.6) is 0 Å². The molecular formula is C16H16N2O2. The summed E-state index contributed by atoms with van der Waals surface area (Å²) in [5.74, 6) is 2.50. The lowest BCUT2D eigenvalue weighted by Crippen LogP contribution is -2.26. The van der Waals surface area contributed by atoms with Gasteiger partial charge in [-0.25, -0.2) is 0 Å². The van der Waals surface area contributed by atoms with Crippen molar-refractivity contribution in [1.29, 1.82) is 0 Å². The zero-order chi connectivity index (χ0) is 14.4. The maximum Gasteiger partial charge on any atom is 0.260 e. The van der Waals surface area contributed by atoms with Crippen LogP contribution in [0, 0.1) is 12.3 Å². The van der Waals surface area contributed by atoms with Crippen LogP contribution in [-0.4, -0.2) is 11.1 Å². The minimum absolute atomic E-state index is 0.0636. The van der Waals surface area contributed by atoms with Crippen LogP contribution in [0.4, 0.5) is 0 Å². The molecule has 0 saturated heterocycles. The van der Waals surface area contributed by atoms with Crippen molar-refractivity contribution in [2.75, 3.05) is 6.54 Å². The van der Waals surface area contributed by atoms with E-state index in [1.165, 1.54) is 0 Å². The first-order valence-corrected chi connectivity index (χ1v) is 6.30. The zero-order valence-electron chi connectivity index (χ0n) is 11.3. The zero-order valence-corrected chi connectivity index (χ0v) is 11.3. The molecule has 4 heteroatoms. The molecule has 0 bridgehead atoms. The van der Waals surface area contributed by atoms with Gasteiger partial charge in [-0.05, 0) is 25.1 Å². The fourth-order valence-corrected chi connectivity index (χ4v) is 1.94. The van der Waals surface area contributed by atoms with Crippen molar-refractivity contribution in [3.05, 3.63) is 64.5 Å². The Hall–Kier alpha value is -2.67. The van der Waals surface area contributed by atoms with Crippen LogP contribution in [0.15, 0.2) is 52.2 Å². The lowest BCUT2D eigenvalue weighted by molar-refractivity contribution is 0.561. The third-order valence-corrected chi connectivity index (χ3v) is 2.91. The summed E-state index contributed by atoms with van der Waals surface area (Å²) in [4.78, 5) is 12.5. The van der Waals surface area contributed by atoms with Crippen LogP contribution in [0.25, 0.3) is 5.70 Å². The third-order valence-electron chi connectivity index (χ3n) is 2.91. The van der Waals surface area contributed by atoms with E-state index in [0.29, 0.717) is 18.7 Å². The van der Waals surface area contributed by atoms with E-state index < -0.39 is 0 Å². The Morgan fingerprint density at radius 1 is 1.55 bits per heavy atom. The number of aromatic nitrogens is 1. The molecule has 0 radical (unpaired) electrons.